The minimum absolute atomic E-state index is 0.0639. The van der Waals surface area contributed by atoms with E-state index in [9.17, 15) is 9.59 Å². The van der Waals surface area contributed by atoms with Gasteiger partial charge in [0, 0.05) is 20.5 Å². The molecule has 1 aromatic heterocycles. The number of amides is 1. The first-order valence-corrected chi connectivity index (χ1v) is 6.14. The van der Waals surface area contributed by atoms with Crippen LogP contribution < -0.4 is 5.73 Å². The van der Waals surface area contributed by atoms with Gasteiger partial charge in [0.2, 0.25) is 5.91 Å². The van der Waals surface area contributed by atoms with E-state index in [0.717, 1.165) is 0 Å². The molecule has 0 aliphatic rings. The molecule has 0 saturated heterocycles. The Morgan fingerprint density at radius 2 is 2.00 bits per heavy atom. The van der Waals surface area contributed by atoms with Crippen LogP contribution in [0.15, 0.2) is 0 Å². The first kappa shape index (κ1) is 15.0. The molecule has 7 nitrogen and oxygen atoms in total. The van der Waals surface area contributed by atoms with E-state index in [1.165, 1.54) is 4.90 Å². The highest BCUT2D eigenvalue weighted by atomic mass is 16.5. The molecule has 0 aromatic carbocycles. The normalized spacial score (nSPS) is 10.3. The van der Waals surface area contributed by atoms with Gasteiger partial charge in [0.1, 0.15) is 18.2 Å². The molecule has 0 aliphatic carbocycles. The second-order valence-corrected chi connectivity index (χ2v) is 4.21. The number of nitrogens with two attached hydrogens (primary N) is 1. The van der Waals surface area contributed by atoms with Crippen molar-refractivity contribution >= 4 is 17.7 Å². The van der Waals surface area contributed by atoms with Crippen molar-refractivity contribution in [2.75, 3.05) is 26.4 Å². The Morgan fingerprint density at radius 3 is 2.47 bits per heavy atom. The summed E-state index contributed by atoms with van der Waals surface area (Å²) in [6.07, 6.45) is 0.574. The van der Waals surface area contributed by atoms with Gasteiger partial charge in [0.15, 0.2) is 5.69 Å². The predicted molar refractivity (Wildman–Crippen MR) is 70.7 cm³/mol. The van der Waals surface area contributed by atoms with Gasteiger partial charge < -0.3 is 19.9 Å². The number of rotatable bonds is 5. The van der Waals surface area contributed by atoms with Crippen molar-refractivity contribution in [3.63, 3.8) is 0 Å². The minimum atomic E-state index is -0.564. The molecule has 0 atom stereocenters. The number of imidazole rings is 1. The van der Waals surface area contributed by atoms with Gasteiger partial charge in [-0.15, -0.1) is 0 Å². The summed E-state index contributed by atoms with van der Waals surface area (Å²) in [5.74, 6) is 0.0845. The number of ether oxygens (including phenoxy) is 1. The molecule has 0 spiro atoms. The fraction of sp³-hybridized carbons (Fsp3) is 0.583. The zero-order chi connectivity index (χ0) is 14.6. The quantitative estimate of drug-likeness (QED) is 0.775. The Morgan fingerprint density at radius 1 is 1.37 bits per heavy atom. The number of hydrogen-bond donors (Lipinski definition) is 1. The summed E-state index contributed by atoms with van der Waals surface area (Å²) >= 11 is 0. The van der Waals surface area contributed by atoms with Gasteiger partial charge in [0.05, 0.1) is 6.61 Å². The van der Waals surface area contributed by atoms with Gasteiger partial charge in [-0.25, -0.2) is 9.78 Å². The lowest BCUT2D eigenvalue weighted by atomic mass is 10.4. The van der Waals surface area contributed by atoms with Crippen LogP contribution in [-0.4, -0.2) is 47.0 Å². The molecule has 2 N–H and O–H groups in total. The molecule has 0 aliphatic heterocycles. The standard InChI is InChI=1S/C12H20N4O3/c1-5-8-14-10(12(18)19-6-2)11(13)16(8)7-9(17)15(3)4/h5-7,13H2,1-4H3. The van der Waals surface area contributed by atoms with E-state index in [1.54, 1.807) is 25.6 Å². The van der Waals surface area contributed by atoms with Crippen LogP contribution in [-0.2, 0) is 22.5 Å². The lowest BCUT2D eigenvalue weighted by Gasteiger charge is -2.13. The van der Waals surface area contributed by atoms with E-state index >= 15 is 0 Å². The van der Waals surface area contributed by atoms with Crippen molar-refractivity contribution < 1.29 is 14.3 Å². The molecule has 1 amide bonds. The van der Waals surface area contributed by atoms with Crippen molar-refractivity contribution in [1.82, 2.24) is 14.5 Å². The highest BCUT2D eigenvalue weighted by Gasteiger charge is 2.22. The van der Waals surface area contributed by atoms with E-state index in [-0.39, 0.29) is 30.6 Å². The number of likely N-dealkylation sites (N-methyl/N-ethyl adjacent to an activating group) is 1. The zero-order valence-corrected chi connectivity index (χ0v) is 11.8. The van der Waals surface area contributed by atoms with Crippen LogP contribution in [0.25, 0.3) is 0 Å². The third kappa shape index (κ3) is 3.24. The highest BCUT2D eigenvalue weighted by Crippen LogP contribution is 2.16. The molecule has 19 heavy (non-hydrogen) atoms. The average molecular weight is 268 g/mol. The van der Waals surface area contributed by atoms with Gasteiger partial charge in [-0.1, -0.05) is 6.92 Å². The summed E-state index contributed by atoms with van der Waals surface area (Å²) in [4.78, 5) is 29.0. The first-order chi connectivity index (χ1) is 8.92. The summed E-state index contributed by atoms with van der Waals surface area (Å²) in [6.45, 7) is 3.91. The molecular formula is C12H20N4O3. The molecule has 7 heteroatoms. The van der Waals surface area contributed by atoms with Crippen LogP contribution in [0.2, 0.25) is 0 Å². The smallest absolute Gasteiger partial charge is 0.360 e. The number of anilines is 1. The molecule has 0 unspecified atom stereocenters. The Labute approximate surface area is 112 Å². The van der Waals surface area contributed by atoms with E-state index in [1.807, 2.05) is 6.92 Å². The molecular weight excluding hydrogens is 248 g/mol. The van der Waals surface area contributed by atoms with Crippen LogP contribution in [0.1, 0.15) is 30.2 Å². The number of aromatic nitrogens is 2. The SMILES string of the molecule is CCOC(=O)c1nc(CC)n(CC(=O)N(C)C)c1N. The summed E-state index contributed by atoms with van der Waals surface area (Å²) in [5, 5.41) is 0. The van der Waals surface area contributed by atoms with E-state index in [4.69, 9.17) is 10.5 Å². The molecule has 1 aromatic rings. The fourth-order valence-electron chi connectivity index (χ4n) is 1.59. The van der Waals surface area contributed by atoms with Crippen LogP contribution in [0, 0.1) is 0 Å². The largest absolute Gasteiger partial charge is 0.461 e. The maximum Gasteiger partial charge on any atom is 0.360 e. The van der Waals surface area contributed by atoms with Crippen LogP contribution in [0.3, 0.4) is 0 Å². The minimum Gasteiger partial charge on any atom is -0.461 e. The Balaban J connectivity index is 3.10. The lowest BCUT2D eigenvalue weighted by molar-refractivity contribution is -0.129. The van der Waals surface area contributed by atoms with Crippen molar-refractivity contribution in [2.45, 2.75) is 26.8 Å². The van der Waals surface area contributed by atoms with Crippen molar-refractivity contribution in [3.05, 3.63) is 11.5 Å². The van der Waals surface area contributed by atoms with Crippen LogP contribution >= 0.6 is 0 Å². The molecule has 0 bridgehead atoms. The van der Waals surface area contributed by atoms with Gasteiger partial charge in [-0.3, -0.25) is 4.79 Å². The molecule has 1 heterocycles. The maximum atomic E-state index is 11.7. The third-order valence-electron chi connectivity index (χ3n) is 2.66. The topological polar surface area (TPSA) is 90.4 Å². The lowest BCUT2D eigenvalue weighted by Crippen LogP contribution is -2.27. The fourth-order valence-corrected chi connectivity index (χ4v) is 1.59. The molecule has 106 valence electrons. The van der Waals surface area contributed by atoms with E-state index in [2.05, 4.69) is 4.98 Å². The average Bonchev–Trinajstić information content (AvgIpc) is 2.67. The zero-order valence-electron chi connectivity index (χ0n) is 11.8. The van der Waals surface area contributed by atoms with Gasteiger partial charge in [-0.05, 0) is 6.92 Å². The van der Waals surface area contributed by atoms with Crippen molar-refractivity contribution in [3.8, 4) is 0 Å². The number of aryl methyl sites for hydroxylation is 1. The Hall–Kier alpha value is -2.05. The maximum absolute atomic E-state index is 11.7. The first-order valence-electron chi connectivity index (χ1n) is 6.14. The summed E-state index contributed by atoms with van der Waals surface area (Å²) in [5.41, 5.74) is 5.96. The van der Waals surface area contributed by atoms with Crippen LogP contribution in [0.4, 0.5) is 5.82 Å². The van der Waals surface area contributed by atoms with Crippen molar-refractivity contribution in [1.29, 1.82) is 0 Å². The highest BCUT2D eigenvalue weighted by molar-refractivity contribution is 5.92. The monoisotopic (exact) mass is 268 g/mol. The molecule has 0 saturated carbocycles. The Bertz CT molecular complexity index is 480. The molecule has 0 fully saturated rings. The van der Waals surface area contributed by atoms with Gasteiger partial charge in [-0.2, -0.15) is 0 Å². The summed E-state index contributed by atoms with van der Waals surface area (Å²) in [6, 6.07) is 0. The van der Waals surface area contributed by atoms with Gasteiger partial charge >= 0.3 is 5.97 Å². The van der Waals surface area contributed by atoms with Crippen LogP contribution in [0.5, 0.6) is 0 Å². The number of esters is 1. The number of hydrogen-bond acceptors (Lipinski definition) is 5. The number of carbonyl (C=O) groups excluding carboxylic acids is 2. The predicted octanol–water partition coefficient (Wildman–Crippen LogP) is 0.293. The summed E-state index contributed by atoms with van der Waals surface area (Å²) < 4.78 is 6.43. The molecule has 1 rings (SSSR count). The van der Waals surface area contributed by atoms with E-state index < -0.39 is 5.97 Å². The third-order valence-corrected chi connectivity index (χ3v) is 2.66. The van der Waals surface area contributed by atoms with Gasteiger partial charge in [0.25, 0.3) is 0 Å². The second kappa shape index (κ2) is 6.21. The number of carbonyl (C=O) groups is 2. The second-order valence-electron chi connectivity index (χ2n) is 4.21. The van der Waals surface area contributed by atoms with Crippen molar-refractivity contribution in [2.24, 2.45) is 0 Å². The summed E-state index contributed by atoms with van der Waals surface area (Å²) in [7, 11) is 3.32. The number of nitrogen functional groups attached to an aromatic ring is 1. The molecule has 0 radical (unpaired) electrons. The van der Waals surface area contributed by atoms with E-state index in [0.29, 0.717) is 12.2 Å². The Kier molecular flexibility index (Phi) is 4.91. The number of nitrogens with zero attached hydrogens (tertiary/aromatic N) is 3.